The molecule has 1 aliphatic carbocycles. The summed E-state index contributed by atoms with van der Waals surface area (Å²) in [5.41, 5.74) is 6.45. The lowest BCUT2D eigenvalue weighted by molar-refractivity contribution is 0.232. The molecular weight excluding hydrogens is 322 g/mol. The summed E-state index contributed by atoms with van der Waals surface area (Å²) < 4.78 is 5.83. The molecule has 0 saturated heterocycles. The summed E-state index contributed by atoms with van der Waals surface area (Å²) in [5, 5.41) is 9.01. The molecule has 0 unspecified atom stereocenters. The number of aryl methyl sites for hydroxylation is 1. The predicted octanol–water partition coefficient (Wildman–Crippen LogP) is 3.90. The van der Waals surface area contributed by atoms with E-state index in [9.17, 15) is 0 Å². The average molecular weight is 348 g/mol. The summed E-state index contributed by atoms with van der Waals surface area (Å²) in [4.78, 5) is 4.68. The van der Waals surface area contributed by atoms with Crippen molar-refractivity contribution < 1.29 is 9.84 Å². The molecule has 3 rings (SSSR count). The highest BCUT2D eigenvalue weighted by Crippen LogP contribution is 2.29. The van der Waals surface area contributed by atoms with Crippen LogP contribution in [0.4, 0.5) is 0 Å². The molecule has 1 N–H and O–H groups in total. The molecule has 1 aliphatic rings. The van der Waals surface area contributed by atoms with Crippen LogP contribution in [0.1, 0.15) is 48.2 Å². The maximum absolute atomic E-state index is 9.01. The molecule has 24 heavy (non-hydrogen) atoms. The van der Waals surface area contributed by atoms with E-state index in [1.165, 1.54) is 34.4 Å². The SMILES string of the molecule is CC(C)Oc1cc(Cc2ccc(CCO)cc2)c2c(n1)CCC2.Cl. The standard InChI is InChI=1S/C20H25NO2.ClH/c1-14(2)23-20-13-17(18-4-3-5-19(18)21-20)12-16-8-6-15(7-9-16)10-11-22;/h6-9,13-14,22H,3-5,10-12H2,1-2H3;1H. The van der Waals surface area contributed by atoms with Gasteiger partial charge in [0.1, 0.15) is 0 Å². The fourth-order valence-corrected chi connectivity index (χ4v) is 3.23. The summed E-state index contributed by atoms with van der Waals surface area (Å²) in [7, 11) is 0. The highest BCUT2D eigenvalue weighted by molar-refractivity contribution is 5.85. The van der Waals surface area contributed by atoms with Crippen molar-refractivity contribution in [2.24, 2.45) is 0 Å². The van der Waals surface area contributed by atoms with E-state index in [2.05, 4.69) is 35.3 Å². The number of pyridine rings is 1. The number of aliphatic hydroxyl groups is 1. The van der Waals surface area contributed by atoms with E-state index in [1.54, 1.807) is 0 Å². The van der Waals surface area contributed by atoms with Crippen molar-refractivity contribution in [3.63, 3.8) is 0 Å². The quantitative estimate of drug-likeness (QED) is 0.861. The zero-order valence-electron chi connectivity index (χ0n) is 14.4. The Morgan fingerprint density at radius 2 is 1.83 bits per heavy atom. The molecule has 2 aromatic rings. The smallest absolute Gasteiger partial charge is 0.213 e. The monoisotopic (exact) mass is 347 g/mol. The summed E-state index contributed by atoms with van der Waals surface area (Å²) in [6, 6.07) is 10.7. The molecule has 1 aromatic carbocycles. The minimum Gasteiger partial charge on any atom is -0.475 e. The van der Waals surface area contributed by atoms with Gasteiger partial charge in [-0.05, 0) is 68.2 Å². The Balaban J connectivity index is 0.00000208. The first-order valence-electron chi connectivity index (χ1n) is 8.52. The number of halogens is 1. The Kier molecular flexibility index (Phi) is 6.64. The van der Waals surface area contributed by atoms with E-state index < -0.39 is 0 Å². The minimum absolute atomic E-state index is 0. The van der Waals surface area contributed by atoms with Crippen LogP contribution < -0.4 is 4.74 Å². The molecule has 0 amide bonds. The van der Waals surface area contributed by atoms with Crippen molar-refractivity contribution >= 4 is 12.4 Å². The molecule has 0 saturated carbocycles. The number of nitrogens with zero attached hydrogens (tertiary/aromatic N) is 1. The molecule has 3 nitrogen and oxygen atoms in total. The van der Waals surface area contributed by atoms with Gasteiger partial charge in [-0.2, -0.15) is 0 Å². The molecule has 4 heteroatoms. The zero-order valence-corrected chi connectivity index (χ0v) is 15.2. The van der Waals surface area contributed by atoms with Crippen LogP contribution in [-0.4, -0.2) is 22.8 Å². The summed E-state index contributed by atoms with van der Waals surface area (Å²) >= 11 is 0. The van der Waals surface area contributed by atoms with E-state index in [4.69, 9.17) is 9.84 Å². The van der Waals surface area contributed by atoms with Gasteiger partial charge in [0.2, 0.25) is 5.88 Å². The predicted molar refractivity (Wildman–Crippen MR) is 99.3 cm³/mol. The van der Waals surface area contributed by atoms with Gasteiger partial charge in [0, 0.05) is 18.4 Å². The first-order valence-corrected chi connectivity index (χ1v) is 8.52. The lowest BCUT2D eigenvalue weighted by Crippen LogP contribution is -2.09. The van der Waals surface area contributed by atoms with E-state index in [0.29, 0.717) is 0 Å². The number of aliphatic hydroxyl groups excluding tert-OH is 1. The van der Waals surface area contributed by atoms with E-state index in [-0.39, 0.29) is 25.1 Å². The topological polar surface area (TPSA) is 42.4 Å². The number of aromatic nitrogens is 1. The summed E-state index contributed by atoms with van der Waals surface area (Å²) in [6.07, 6.45) is 5.16. The number of rotatable bonds is 6. The fourth-order valence-electron chi connectivity index (χ4n) is 3.23. The van der Waals surface area contributed by atoms with Crippen molar-refractivity contribution in [2.75, 3.05) is 6.61 Å². The summed E-state index contributed by atoms with van der Waals surface area (Å²) in [6.45, 7) is 4.27. The Morgan fingerprint density at radius 3 is 2.50 bits per heavy atom. The molecule has 0 spiro atoms. The van der Waals surface area contributed by atoms with Gasteiger partial charge >= 0.3 is 0 Å². The molecule has 0 bridgehead atoms. The van der Waals surface area contributed by atoms with Gasteiger partial charge in [0.15, 0.2) is 0 Å². The normalized spacial score (nSPS) is 12.8. The molecule has 1 aromatic heterocycles. The van der Waals surface area contributed by atoms with Crippen molar-refractivity contribution in [1.29, 1.82) is 0 Å². The lowest BCUT2D eigenvalue weighted by Gasteiger charge is -2.14. The van der Waals surface area contributed by atoms with Gasteiger partial charge in [-0.25, -0.2) is 4.98 Å². The minimum atomic E-state index is 0. The third-order valence-corrected chi connectivity index (χ3v) is 4.29. The molecule has 130 valence electrons. The van der Waals surface area contributed by atoms with Crippen LogP contribution in [0.3, 0.4) is 0 Å². The molecular formula is C20H26ClNO2. The number of ether oxygens (including phenoxy) is 1. The van der Waals surface area contributed by atoms with Crippen LogP contribution in [0.15, 0.2) is 30.3 Å². The second-order valence-corrected chi connectivity index (χ2v) is 6.53. The average Bonchev–Trinajstić information content (AvgIpc) is 2.97. The first kappa shape index (κ1) is 18.8. The molecule has 1 heterocycles. The van der Waals surface area contributed by atoms with E-state index >= 15 is 0 Å². The second-order valence-electron chi connectivity index (χ2n) is 6.53. The van der Waals surface area contributed by atoms with Gasteiger partial charge in [-0.3, -0.25) is 0 Å². The van der Waals surface area contributed by atoms with Crippen molar-refractivity contribution in [2.45, 2.75) is 52.1 Å². The highest BCUT2D eigenvalue weighted by Gasteiger charge is 2.19. The number of hydrogen-bond donors (Lipinski definition) is 1. The number of hydrogen-bond acceptors (Lipinski definition) is 3. The molecule has 0 fully saturated rings. The maximum atomic E-state index is 9.01. The van der Waals surface area contributed by atoms with Crippen LogP contribution in [0.5, 0.6) is 5.88 Å². The van der Waals surface area contributed by atoms with Crippen LogP contribution in [0, 0.1) is 0 Å². The Hall–Kier alpha value is -1.58. The van der Waals surface area contributed by atoms with E-state index in [1.807, 2.05) is 13.8 Å². The third kappa shape index (κ3) is 4.49. The molecule has 0 aliphatic heterocycles. The van der Waals surface area contributed by atoms with Crippen molar-refractivity contribution in [3.8, 4) is 5.88 Å². The fraction of sp³-hybridized carbons (Fsp3) is 0.450. The van der Waals surface area contributed by atoms with E-state index in [0.717, 1.165) is 31.6 Å². The Morgan fingerprint density at radius 1 is 1.12 bits per heavy atom. The number of fused-ring (bicyclic) bond motifs is 1. The van der Waals surface area contributed by atoms with Gasteiger partial charge in [0.25, 0.3) is 0 Å². The van der Waals surface area contributed by atoms with Crippen LogP contribution >= 0.6 is 12.4 Å². The molecule has 0 atom stereocenters. The van der Waals surface area contributed by atoms with Gasteiger partial charge in [-0.1, -0.05) is 24.3 Å². The zero-order chi connectivity index (χ0) is 16.2. The van der Waals surface area contributed by atoms with Crippen molar-refractivity contribution in [3.05, 3.63) is 58.3 Å². The van der Waals surface area contributed by atoms with Gasteiger partial charge in [0.05, 0.1) is 6.10 Å². The van der Waals surface area contributed by atoms with Crippen LogP contribution in [0.25, 0.3) is 0 Å². The lowest BCUT2D eigenvalue weighted by atomic mass is 9.98. The van der Waals surface area contributed by atoms with Crippen LogP contribution in [0.2, 0.25) is 0 Å². The first-order chi connectivity index (χ1) is 11.2. The van der Waals surface area contributed by atoms with Gasteiger partial charge < -0.3 is 9.84 Å². The summed E-state index contributed by atoms with van der Waals surface area (Å²) in [5.74, 6) is 0.757. The van der Waals surface area contributed by atoms with Crippen molar-refractivity contribution in [1.82, 2.24) is 4.98 Å². The maximum Gasteiger partial charge on any atom is 0.213 e. The Bertz CT molecular complexity index is 668. The largest absolute Gasteiger partial charge is 0.475 e. The second kappa shape index (κ2) is 8.50. The highest BCUT2D eigenvalue weighted by atomic mass is 35.5. The van der Waals surface area contributed by atoms with Gasteiger partial charge in [-0.15, -0.1) is 12.4 Å². The third-order valence-electron chi connectivity index (χ3n) is 4.29. The number of benzene rings is 1. The molecule has 0 radical (unpaired) electrons. The Labute approximate surface area is 150 Å². The van der Waals surface area contributed by atoms with Crippen LogP contribution in [-0.2, 0) is 25.7 Å².